The van der Waals surface area contributed by atoms with Gasteiger partial charge in [0.2, 0.25) is 0 Å². The molecule has 1 aliphatic heterocycles. The van der Waals surface area contributed by atoms with Crippen LogP contribution in [0.1, 0.15) is 12.5 Å². The maximum atomic E-state index is 2.36. The Balaban J connectivity index is 2.13. The van der Waals surface area contributed by atoms with Crippen LogP contribution in [0.3, 0.4) is 0 Å². The van der Waals surface area contributed by atoms with Gasteiger partial charge >= 0.3 is 0 Å². The van der Waals surface area contributed by atoms with Crippen molar-refractivity contribution in [2.24, 2.45) is 0 Å². The first-order chi connectivity index (χ1) is 6.40. The summed E-state index contributed by atoms with van der Waals surface area (Å²) >= 11 is 0. The third-order valence-corrected chi connectivity index (χ3v) is 2.53. The van der Waals surface area contributed by atoms with Crippen LogP contribution in [0.4, 0.5) is 5.69 Å². The third-order valence-electron chi connectivity index (χ3n) is 2.53. The van der Waals surface area contributed by atoms with Crippen LogP contribution in [0.15, 0.2) is 36.4 Å². The van der Waals surface area contributed by atoms with Crippen molar-refractivity contribution in [1.82, 2.24) is 0 Å². The Hall–Kier alpha value is -1.24. The lowest BCUT2D eigenvalue weighted by Gasteiger charge is -2.17. The first kappa shape index (κ1) is 8.36. The molecule has 0 unspecified atom stereocenters. The molecule has 1 aliphatic rings. The average molecular weight is 173 g/mol. The van der Waals surface area contributed by atoms with Crippen LogP contribution in [0.2, 0.25) is 0 Å². The van der Waals surface area contributed by atoms with E-state index in [1.807, 2.05) is 0 Å². The molecular formula is C12H15N. The molecule has 1 aromatic carbocycles. The lowest BCUT2D eigenvalue weighted by Crippen LogP contribution is -2.18. The van der Waals surface area contributed by atoms with Crippen molar-refractivity contribution >= 4 is 5.69 Å². The molecule has 0 amide bonds. The Bertz CT molecular complexity index is 289. The van der Waals surface area contributed by atoms with Crippen molar-refractivity contribution in [2.75, 3.05) is 18.0 Å². The lowest BCUT2D eigenvalue weighted by atomic mass is 10.1. The summed E-state index contributed by atoms with van der Waals surface area (Å²) in [5.41, 5.74) is 2.75. The number of anilines is 1. The normalized spacial score (nSPS) is 15.3. The monoisotopic (exact) mass is 173 g/mol. The van der Waals surface area contributed by atoms with Gasteiger partial charge in [0.15, 0.2) is 0 Å². The van der Waals surface area contributed by atoms with Crippen molar-refractivity contribution in [1.29, 1.82) is 0 Å². The van der Waals surface area contributed by atoms with Gasteiger partial charge in [0, 0.05) is 18.8 Å². The van der Waals surface area contributed by atoms with Gasteiger partial charge in [0.05, 0.1) is 0 Å². The molecule has 0 radical (unpaired) electrons. The molecule has 0 saturated carbocycles. The zero-order chi connectivity index (χ0) is 9.10. The highest BCUT2D eigenvalue weighted by Crippen LogP contribution is 2.17. The smallest absolute Gasteiger partial charge is 0.0372 e. The number of rotatable bonds is 2. The van der Waals surface area contributed by atoms with Gasteiger partial charge in [-0.1, -0.05) is 31.2 Å². The number of aryl methyl sites for hydroxylation is 1. The molecule has 0 bridgehead atoms. The minimum Gasteiger partial charge on any atom is -0.364 e. The highest BCUT2D eigenvalue weighted by Gasteiger charge is 2.06. The second kappa shape index (κ2) is 3.65. The van der Waals surface area contributed by atoms with E-state index in [0.717, 1.165) is 19.5 Å². The van der Waals surface area contributed by atoms with E-state index in [4.69, 9.17) is 0 Å². The van der Waals surface area contributed by atoms with Crippen molar-refractivity contribution in [2.45, 2.75) is 13.3 Å². The van der Waals surface area contributed by atoms with E-state index >= 15 is 0 Å². The van der Waals surface area contributed by atoms with Crippen LogP contribution in [0.5, 0.6) is 0 Å². The first-order valence-corrected chi connectivity index (χ1v) is 4.89. The zero-order valence-corrected chi connectivity index (χ0v) is 8.03. The largest absolute Gasteiger partial charge is 0.364 e. The Morgan fingerprint density at radius 3 is 2.23 bits per heavy atom. The van der Waals surface area contributed by atoms with E-state index in [0.29, 0.717) is 0 Å². The first-order valence-electron chi connectivity index (χ1n) is 4.89. The summed E-state index contributed by atoms with van der Waals surface area (Å²) in [5.74, 6) is 0. The Morgan fingerprint density at radius 2 is 1.69 bits per heavy atom. The molecule has 0 N–H and O–H groups in total. The molecule has 0 atom stereocenters. The highest BCUT2D eigenvalue weighted by atomic mass is 15.1. The summed E-state index contributed by atoms with van der Waals surface area (Å²) in [6.45, 7) is 4.31. The predicted molar refractivity (Wildman–Crippen MR) is 57.2 cm³/mol. The number of hydrogen-bond donors (Lipinski definition) is 0. The Kier molecular flexibility index (Phi) is 2.35. The van der Waals surface area contributed by atoms with Crippen molar-refractivity contribution < 1.29 is 0 Å². The third kappa shape index (κ3) is 1.74. The van der Waals surface area contributed by atoms with Gasteiger partial charge in [0.25, 0.3) is 0 Å². The van der Waals surface area contributed by atoms with Crippen LogP contribution in [0.25, 0.3) is 0 Å². The van der Waals surface area contributed by atoms with E-state index in [1.165, 1.54) is 11.3 Å². The zero-order valence-electron chi connectivity index (χ0n) is 8.03. The van der Waals surface area contributed by atoms with Crippen molar-refractivity contribution in [3.8, 4) is 0 Å². The summed E-state index contributed by atoms with van der Waals surface area (Å²) < 4.78 is 0. The Morgan fingerprint density at radius 1 is 1.08 bits per heavy atom. The molecule has 1 aromatic rings. The maximum Gasteiger partial charge on any atom is 0.0372 e. The fourth-order valence-corrected chi connectivity index (χ4v) is 1.63. The van der Waals surface area contributed by atoms with Gasteiger partial charge in [-0.2, -0.15) is 0 Å². The molecule has 0 saturated heterocycles. The van der Waals surface area contributed by atoms with Crippen LogP contribution >= 0.6 is 0 Å². The SMILES string of the molecule is CCc1ccc(N2CC=CC2)cc1. The lowest BCUT2D eigenvalue weighted by molar-refractivity contribution is 1.00. The fourth-order valence-electron chi connectivity index (χ4n) is 1.63. The summed E-state index contributed by atoms with van der Waals surface area (Å²) in [6, 6.07) is 8.86. The molecular weight excluding hydrogens is 158 g/mol. The van der Waals surface area contributed by atoms with Gasteiger partial charge in [0.1, 0.15) is 0 Å². The molecule has 0 aromatic heterocycles. The van der Waals surface area contributed by atoms with Gasteiger partial charge < -0.3 is 4.90 Å². The van der Waals surface area contributed by atoms with Crippen LogP contribution in [-0.2, 0) is 6.42 Å². The van der Waals surface area contributed by atoms with Gasteiger partial charge in [-0.15, -0.1) is 0 Å². The molecule has 13 heavy (non-hydrogen) atoms. The van der Waals surface area contributed by atoms with E-state index in [-0.39, 0.29) is 0 Å². The molecule has 2 rings (SSSR count). The minimum absolute atomic E-state index is 1.06. The number of hydrogen-bond acceptors (Lipinski definition) is 1. The molecule has 0 fully saturated rings. The highest BCUT2D eigenvalue weighted by molar-refractivity contribution is 5.50. The van der Waals surface area contributed by atoms with Gasteiger partial charge in [-0.05, 0) is 24.1 Å². The molecule has 68 valence electrons. The van der Waals surface area contributed by atoms with E-state index < -0.39 is 0 Å². The predicted octanol–water partition coefficient (Wildman–Crippen LogP) is 2.63. The van der Waals surface area contributed by atoms with Gasteiger partial charge in [-0.3, -0.25) is 0 Å². The average Bonchev–Trinajstić information content (AvgIpc) is 2.71. The number of nitrogens with zero attached hydrogens (tertiary/aromatic N) is 1. The molecule has 0 spiro atoms. The second-order valence-electron chi connectivity index (χ2n) is 3.40. The maximum absolute atomic E-state index is 2.36. The summed E-state index contributed by atoms with van der Waals surface area (Å²) in [4.78, 5) is 2.36. The van der Waals surface area contributed by atoms with Crippen molar-refractivity contribution in [3.63, 3.8) is 0 Å². The molecule has 1 heteroatoms. The summed E-state index contributed by atoms with van der Waals surface area (Å²) in [6.07, 6.45) is 5.56. The number of benzene rings is 1. The van der Waals surface area contributed by atoms with Crippen LogP contribution in [-0.4, -0.2) is 13.1 Å². The summed E-state index contributed by atoms with van der Waals surface area (Å²) in [7, 11) is 0. The standard InChI is InChI=1S/C12H15N/c1-2-11-5-7-12(8-6-11)13-9-3-4-10-13/h3-8H,2,9-10H2,1H3. The minimum atomic E-state index is 1.06. The molecule has 0 aliphatic carbocycles. The van der Waals surface area contributed by atoms with Crippen LogP contribution < -0.4 is 4.90 Å². The quantitative estimate of drug-likeness (QED) is 0.621. The van der Waals surface area contributed by atoms with Gasteiger partial charge in [-0.25, -0.2) is 0 Å². The fraction of sp³-hybridized carbons (Fsp3) is 0.333. The van der Waals surface area contributed by atoms with E-state index in [2.05, 4.69) is 48.2 Å². The van der Waals surface area contributed by atoms with Crippen LogP contribution in [0, 0.1) is 0 Å². The Labute approximate surface area is 79.7 Å². The van der Waals surface area contributed by atoms with Crippen molar-refractivity contribution in [3.05, 3.63) is 42.0 Å². The summed E-state index contributed by atoms with van der Waals surface area (Å²) in [5, 5.41) is 0. The molecule has 1 nitrogen and oxygen atoms in total. The van der Waals surface area contributed by atoms with E-state index in [9.17, 15) is 0 Å². The molecule has 1 heterocycles. The second-order valence-corrected chi connectivity index (χ2v) is 3.40. The van der Waals surface area contributed by atoms with E-state index in [1.54, 1.807) is 0 Å². The topological polar surface area (TPSA) is 3.24 Å².